The van der Waals surface area contributed by atoms with E-state index in [1.54, 1.807) is 0 Å². The fourth-order valence-corrected chi connectivity index (χ4v) is 3.89. The first-order chi connectivity index (χ1) is 12.3. The number of allylic oxidation sites excluding steroid dienone is 2. The van der Waals surface area contributed by atoms with Gasteiger partial charge in [-0.05, 0) is 35.4 Å². The van der Waals surface area contributed by atoms with E-state index in [-0.39, 0.29) is 0 Å². The molecule has 5 rings (SSSR count). The first-order valence-electron chi connectivity index (χ1n) is 8.50. The highest BCUT2D eigenvalue weighted by atomic mass is 16.3. The predicted molar refractivity (Wildman–Crippen MR) is 103 cm³/mol. The number of benzene rings is 3. The second-order valence-corrected chi connectivity index (χ2v) is 6.48. The molecule has 0 bridgehead atoms. The van der Waals surface area contributed by atoms with E-state index in [1.807, 2.05) is 24.4 Å². The molecule has 4 aromatic rings. The summed E-state index contributed by atoms with van der Waals surface area (Å²) in [6.07, 6.45) is 5.96. The molecule has 0 aliphatic carbocycles. The normalized spacial score (nSPS) is 17.2. The van der Waals surface area contributed by atoms with Gasteiger partial charge in [-0.2, -0.15) is 0 Å². The maximum absolute atomic E-state index is 6.35. The molecule has 2 heterocycles. The van der Waals surface area contributed by atoms with Crippen molar-refractivity contribution in [2.24, 2.45) is 0 Å². The van der Waals surface area contributed by atoms with Gasteiger partial charge in [-0.3, -0.25) is 0 Å². The van der Waals surface area contributed by atoms with Crippen molar-refractivity contribution >= 4 is 38.4 Å². The molecule has 1 aliphatic rings. The first-order valence-corrected chi connectivity index (χ1v) is 8.50. The number of hydrogen-bond donors (Lipinski definition) is 1. The zero-order chi connectivity index (χ0) is 17.0. The number of nitrogens with one attached hydrogen (secondary N) is 1. The van der Waals surface area contributed by atoms with Gasteiger partial charge in [-0.25, -0.2) is 0 Å². The molecular weight excluding hydrogens is 308 g/mol. The summed E-state index contributed by atoms with van der Waals surface area (Å²) >= 11 is 0. The second kappa shape index (κ2) is 5.23. The van der Waals surface area contributed by atoms with Gasteiger partial charge in [0.2, 0.25) is 0 Å². The lowest BCUT2D eigenvalue weighted by atomic mass is 9.93. The molecule has 1 N–H and O–H groups in total. The number of aryl methyl sites for hydroxylation is 1. The highest BCUT2D eigenvalue weighted by Crippen LogP contribution is 2.40. The summed E-state index contributed by atoms with van der Waals surface area (Å²) in [7, 11) is 2.05. The van der Waals surface area contributed by atoms with Crippen molar-refractivity contribution in [1.29, 1.82) is 0 Å². The first kappa shape index (κ1) is 14.3. The minimum absolute atomic E-state index is 0.927. The van der Waals surface area contributed by atoms with E-state index in [2.05, 4.69) is 61.9 Å². The van der Waals surface area contributed by atoms with Crippen LogP contribution in [0.2, 0.25) is 0 Å². The maximum atomic E-state index is 6.35. The van der Waals surface area contributed by atoms with Crippen molar-refractivity contribution < 1.29 is 9.43 Å². The molecule has 1 unspecified atom stereocenters. The molecule has 0 spiro atoms. The van der Waals surface area contributed by atoms with Gasteiger partial charge in [0.1, 0.15) is 16.9 Å². The van der Waals surface area contributed by atoms with Gasteiger partial charge in [0.25, 0.3) is 0 Å². The van der Waals surface area contributed by atoms with Crippen LogP contribution in [0.1, 0.15) is 11.1 Å². The monoisotopic (exact) mass is 326 g/mol. The number of fused-ring (bicyclic) bond motifs is 5. The van der Waals surface area contributed by atoms with Crippen molar-refractivity contribution in [2.75, 3.05) is 7.05 Å². The standard InChI is InChI=1S/C22H18N2O/c1-14-15-8-3-4-9-16(15)21-17-10-5-6-12-19(17)25-22(21)20(14)18-11-7-13-23-24(18)2/h3-13,24H,1-2H3. The van der Waals surface area contributed by atoms with Crippen LogP contribution >= 0.6 is 0 Å². The number of para-hydroxylation sites is 1. The van der Waals surface area contributed by atoms with Crippen molar-refractivity contribution in [3.05, 3.63) is 83.4 Å². The van der Waals surface area contributed by atoms with E-state index in [1.165, 1.54) is 21.7 Å². The summed E-state index contributed by atoms with van der Waals surface area (Å²) in [5.74, 6) is 0. The van der Waals surface area contributed by atoms with Crippen molar-refractivity contribution in [3.8, 4) is 0 Å². The molecular formula is C22H18N2O. The third-order valence-electron chi connectivity index (χ3n) is 5.07. The third kappa shape index (κ3) is 1.96. The zero-order valence-corrected chi connectivity index (χ0v) is 14.2. The molecule has 1 atom stereocenters. The predicted octanol–water partition coefficient (Wildman–Crippen LogP) is 4.72. The number of rotatable bonds is 1. The van der Waals surface area contributed by atoms with E-state index in [9.17, 15) is 0 Å². The van der Waals surface area contributed by atoms with Crippen LogP contribution in [0.4, 0.5) is 0 Å². The fourth-order valence-electron chi connectivity index (χ4n) is 3.89. The molecule has 0 amide bonds. The van der Waals surface area contributed by atoms with Crippen molar-refractivity contribution in [3.63, 3.8) is 0 Å². The second-order valence-electron chi connectivity index (χ2n) is 6.48. The van der Waals surface area contributed by atoms with Crippen LogP contribution < -0.4 is 5.01 Å². The summed E-state index contributed by atoms with van der Waals surface area (Å²) in [5.41, 5.74) is 9.89. The summed E-state index contributed by atoms with van der Waals surface area (Å²) in [6, 6.07) is 16.9. The molecule has 1 aliphatic heterocycles. The van der Waals surface area contributed by atoms with Crippen LogP contribution in [0.25, 0.3) is 43.8 Å². The van der Waals surface area contributed by atoms with Gasteiger partial charge in [0.15, 0.2) is 0 Å². The average Bonchev–Trinajstić information content (AvgIpc) is 3.02. The SMILES string of the molecule is Cc1c(C2=CC=C[N-][NH+]2C)c2oc3ccccc3c2c2ccccc12. The molecule has 0 fully saturated rings. The Hall–Kier alpha value is -3.04. The average molecular weight is 326 g/mol. The number of hydrogen-bond acceptors (Lipinski definition) is 1. The third-order valence-corrected chi connectivity index (χ3v) is 5.07. The molecule has 3 heteroatoms. The molecule has 25 heavy (non-hydrogen) atoms. The smallest absolute Gasteiger partial charge is 0.149 e. The lowest BCUT2D eigenvalue weighted by Gasteiger charge is -2.30. The van der Waals surface area contributed by atoms with Crippen LogP contribution in [-0.4, -0.2) is 7.05 Å². The molecule has 3 aromatic carbocycles. The van der Waals surface area contributed by atoms with E-state index >= 15 is 0 Å². The Morgan fingerprint density at radius 1 is 0.920 bits per heavy atom. The summed E-state index contributed by atoms with van der Waals surface area (Å²) in [4.78, 5) is 0. The van der Waals surface area contributed by atoms with Crippen LogP contribution in [0.3, 0.4) is 0 Å². The minimum atomic E-state index is 0.927. The molecule has 0 saturated carbocycles. The van der Waals surface area contributed by atoms with Gasteiger partial charge < -0.3 is 14.9 Å². The number of quaternary nitrogens is 1. The lowest BCUT2D eigenvalue weighted by molar-refractivity contribution is -0.757. The van der Waals surface area contributed by atoms with Crippen LogP contribution in [-0.2, 0) is 0 Å². The molecule has 122 valence electrons. The Morgan fingerprint density at radius 2 is 1.64 bits per heavy atom. The molecule has 1 aromatic heterocycles. The summed E-state index contributed by atoms with van der Waals surface area (Å²) in [5, 5.41) is 5.87. The van der Waals surface area contributed by atoms with Crippen molar-refractivity contribution in [1.82, 2.24) is 0 Å². The Morgan fingerprint density at radius 3 is 2.44 bits per heavy atom. The topological polar surface area (TPSA) is 31.7 Å². The quantitative estimate of drug-likeness (QED) is 0.539. The molecule has 0 saturated heterocycles. The Balaban J connectivity index is 2.04. The van der Waals surface area contributed by atoms with Gasteiger partial charge in [0, 0.05) is 10.8 Å². The van der Waals surface area contributed by atoms with E-state index in [4.69, 9.17) is 4.42 Å². The fraction of sp³-hybridized carbons (Fsp3) is 0.0909. The highest BCUT2D eigenvalue weighted by molar-refractivity contribution is 6.22. The number of furan rings is 1. The highest BCUT2D eigenvalue weighted by Gasteiger charge is 2.23. The van der Waals surface area contributed by atoms with Crippen molar-refractivity contribution in [2.45, 2.75) is 6.92 Å². The van der Waals surface area contributed by atoms with E-state index < -0.39 is 0 Å². The molecule has 3 nitrogen and oxygen atoms in total. The van der Waals surface area contributed by atoms with E-state index in [0.717, 1.165) is 32.8 Å². The Bertz CT molecular complexity index is 1200. The minimum Gasteiger partial charge on any atom is -0.490 e. The summed E-state index contributed by atoms with van der Waals surface area (Å²) < 4.78 is 6.35. The number of nitrogens with zero attached hydrogens (tertiary/aromatic N) is 1. The van der Waals surface area contributed by atoms with Crippen LogP contribution in [0.15, 0.2) is 71.3 Å². The lowest BCUT2D eigenvalue weighted by Crippen LogP contribution is -3.01. The van der Waals surface area contributed by atoms with Gasteiger partial charge in [-0.1, -0.05) is 48.5 Å². The zero-order valence-electron chi connectivity index (χ0n) is 14.2. The van der Waals surface area contributed by atoms with Gasteiger partial charge >= 0.3 is 0 Å². The van der Waals surface area contributed by atoms with Crippen LogP contribution in [0.5, 0.6) is 0 Å². The van der Waals surface area contributed by atoms with E-state index in [0.29, 0.717) is 0 Å². The largest absolute Gasteiger partial charge is 0.490 e. The van der Waals surface area contributed by atoms with Crippen LogP contribution in [0, 0.1) is 6.92 Å². The Labute approximate surface area is 145 Å². The summed E-state index contributed by atoms with van der Waals surface area (Å²) in [6.45, 7) is 2.18. The molecule has 0 radical (unpaired) electrons. The van der Waals surface area contributed by atoms with Gasteiger partial charge in [-0.15, -0.1) is 6.20 Å². The van der Waals surface area contributed by atoms with Gasteiger partial charge in [0.05, 0.1) is 12.6 Å². The Kier molecular flexibility index (Phi) is 2.99. The maximum Gasteiger partial charge on any atom is 0.149 e.